The highest BCUT2D eigenvalue weighted by Gasteiger charge is 2.36. The average Bonchev–Trinajstić information content (AvgIpc) is 3.18. The summed E-state index contributed by atoms with van der Waals surface area (Å²) in [5.74, 6) is -0.516. The molecule has 0 atom stereocenters. The van der Waals surface area contributed by atoms with Gasteiger partial charge in [0.1, 0.15) is 0 Å². The summed E-state index contributed by atoms with van der Waals surface area (Å²) < 4.78 is 6.69. The van der Waals surface area contributed by atoms with Crippen LogP contribution in [-0.4, -0.2) is 66.5 Å². The molecule has 1 aliphatic heterocycles. The number of carbonyl (C=O) groups is 3. The van der Waals surface area contributed by atoms with Crippen LogP contribution in [0.1, 0.15) is 30.1 Å². The van der Waals surface area contributed by atoms with Crippen LogP contribution in [0.3, 0.4) is 0 Å². The van der Waals surface area contributed by atoms with E-state index in [9.17, 15) is 14.4 Å². The molecule has 0 aliphatic carbocycles. The smallest absolute Gasteiger partial charge is 0.253 e. The zero-order valence-corrected chi connectivity index (χ0v) is 16.8. The predicted octanol–water partition coefficient (Wildman–Crippen LogP) is 1.17. The molecule has 2 heterocycles. The maximum absolute atomic E-state index is 12.8. The van der Waals surface area contributed by atoms with E-state index in [1.54, 1.807) is 12.6 Å². The van der Waals surface area contributed by atoms with E-state index in [0.717, 1.165) is 10.2 Å². The number of benzene rings is 1. The number of nitrogens with one attached hydrogen (secondary N) is 2. The fraction of sp³-hybridized carbons (Fsp3) is 0.474. The number of likely N-dealkylation sites (tertiary alicyclic amines) is 1. The van der Waals surface area contributed by atoms with Gasteiger partial charge in [-0.05, 0) is 31.0 Å². The Labute approximate surface area is 167 Å². The topological polar surface area (TPSA) is 101 Å². The molecule has 1 fully saturated rings. The molecule has 8 nitrogen and oxygen atoms in total. The normalized spacial score (nSPS) is 16.0. The summed E-state index contributed by atoms with van der Waals surface area (Å²) in [5.41, 5.74) is 2.82. The van der Waals surface area contributed by atoms with Crippen molar-refractivity contribution in [1.29, 1.82) is 0 Å². The molecule has 0 unspecified atom stereocenters. The summed E-state index contributed by atoms with van der Waals surface area (Å²) in [6, 6.07) is 5.56. The highest BCUT2D eigenvalue weighted by atomic mass is 32.1. The largest absolute Gasteiger partial charge is 0.376 e. The Kier molecular flexibility index (Phi) is 6.25. The lowest BCUT2D eigenvalue weighted by atomic mass is 9.90. The van der Waals surface area contributed by atoms with Crippen LogP contribution in [-0.2, 0) is 14.3 Å². The summed E-state index contributed by atoms with van der Waals surface area (Å²) in [5, 5.41) is 5.27. The van der Waals surface area contributed by atoms with E-state index in [2.05, 4.69) is 15.6 Å². The first-order chi connectivity index (χ1) is 13.4. The molecule has 1 aromatic carbocycles. The number of piperidine rings is 1. The van der Waals surface area contributed by atoms with Crippen LogP contribution in [0.5, 0.6) is 0 Å². The van der Waals surface area contributed by atoms with E-state index in [0.29, 0.717) is 38.0 Å². The minimum atomic E-state index is -0.510. The Morgan fingerprint density at radius 2 is 2.00 bits per heavy atom. The molecule has 0 bridgehead atoms. The number of amides is 3. The molecule has 3 amide bonds. The summed E-state index contributed by atoms with van der Waals surface area (Å²) >= 11 is 1.52. The molecule has 0 spiro atoms. The number of hydrogen-bond acceptors (Lipinski definition) is 6. The summed E-state index contributed by atoms with van der Waals surface area (Å²) in [6.07, 6.45) is 1.25. The summed E-state index contributed by atoms with van der Waals surface area (Å²) in [4.78, 5) is 41.6. The van der Waals surface area contributed by atoms with Gasteiger partial charge in [-0.3, -0.25) is 14.4 Å². The van der Waals surface area contributed by atoms with Gasteiger partial charge < -0.3 is 20.3 Å². The van der Waals surface area contributed by atoms with Crippen LogP contribution in [0.4, 0.5) is 0 Å². The van der Waals surface area contributed by atoms with Crippen molar-refractivity contribution in [2.75, 3.05) is 33.3 Å². The van der Waals surface area contributed by atoms with Crippen LogP contribution >= 0.6 is 11.3 Å². The van der Waals surface area contributed by atoms with Gasteiger partial charge in [0.25, 0.3) is 5.91 Å². The Morgan fingerprint density at radius 1 is 1.25 bits per heavy atom. The van der Waals surface area contributed by atoms with Crippen LogP contribution < -0.4 is 10.6 Å². The van der Waals surface area contributed by atoms with Crippen molar-refractivity contribution in [2.24, 2.45) is 0 Å². The summed E-state index contributed by atoms with van der Waals surface area (Å²) in [7, 11) is 1.62. The van der Waals surface area contributed by atoms with E-state index < -0.39 is 5.60 Å². The van der Waals surface area contributed by atoms with Crippen molar-refractivity contribution in [1.82, 2.24) is 20.5 Å². The lowest BCUT2D eigenvalue weighted by Crippen LogP contribution is -2.54. The zero-order chi connectivity index (χ0) is 20.1. The highest BCUT2D eigenvalue weighted by molar-refractivity contribution is 7.16. The number of aromatic nitrogens is 1. The molecule has 9 heteroatoms. The molecule has 0 radical (unpaired) electrons. The Morgan fingerprint density at radius 3 is 2.68 bits per heavy atom. The van der Waals surface area contributed by atoms with E-state index in [1.807, 2.05) is 23.1 Å². The first-order valence-electron chi connectivity index (χ1n) is 9.11. The number of rotatable bonds is 6. The summed E-state index contributed by atoms with van der Waals surface area (Å²) in [6.45, 7) is 2.75. The van der Waals surface area contributed by atoms with E-state index >= 15 is 0 Å². The number of nitrogens with zero attached hydrogens (tertiary/aromatic N) is 2. The average molecular weight is 404 g/mol. The van der Waals surface area contributed by atoms with Crippen molar-refractivity contribution in [3.63, 3.8) is 0 Å². The van der Waals surface area contributed by atoms with Crippen molar-refractivity contribution >= 4 is 39.3 Å². The predicted molar refractivity (Wildman–Crippen MR) is 106 cm³/mol. The fourth-order valence-corrected chi connectivity index (χ4v) is 3.98. The zero-order valence-electron chi connectivity index (χ0n) is 16.0. The van der Waals surface area contributed by atoms with Gasteiger partial charge in [0.05, 0.1) is 27.9 Å². The molecule has 28 heavy (non-hydrogen) atoms. The lowest BCUT2D eigenvalue weighted by molar-refractivity contribution is -0.126. The van der Waals surface area contributed by atoms with Gasteiger partial charge in [0.2, 0.25) is 11.8 Å². The van der Waals surface area contributed by atoms with Gasteiger partial charge in [-0.15, -0.1) is 11.3 Å². The van der Waals surface area contributed by atoms with Gasteiger partial charge in [-0.25, -0.2) is 4.98 Å². The van der Waals surface area contributed by atoms with Gasteiger partial charge in [-0.2, -0.15) is 0 Å². The molecule has 2 N–H and O–H groups in total. The molecule has 1 aromatic heterocycles. The molecule has 150 valence electrons. The second-order valence-corrected chi connectivity index (χ2v) is 7.79. The van der Waals surface area contributed by atoms with Gasteiger partial charge in [-0.1, -0.05) is 0 Å². The lowest BCUT2D eigenvalue weighted by Gasteiger charge is -2.41. The van der Waals surface area contributed by atoms with Crippen molar-refractivity contribution in [3.05, 3.63) is 29.3 Å². The van der Waals surface area contributed by atoms with Crippen molar-refractivity contribution in [3.8, 4) is 0 Å². The van der Waals surface area contributed by atoms with Gasteiger partial charge in [0.15, 0.2) is 0 Å². The molecule has 0 saturated carbocycles. The number of fused-ring (bicyclic) bond motifs is 1. The monoisotopic (exact) mass is 404 g/mol. The van der Waals surface area contributed by atoms with Crippen LogP contribution in [0.2, 0.25) is 0 Å². The third-order valence-corrected chi connectivity index (χ3v) is 5.87. The quantitative estimate of drug-likeness (QED) is 0.753. The van der Waals surface area contributed by atoms with Gasteiger partial charge in [0, 0.05) is 39.2 Å². The molecular formula is C19H24N4O4S. The van der Waals surface area contributed by atoms with Gasteiger partial charge >= 0.3 is 0 Å². The fourth-order valence-electron chi connectivity index (χ4n) is 3.27. The minimum Gasteiger partial charge on any atom is -0.376 e. The third-order valence-electron chi connectivity index (χ3n) is 5.08. The molecule has 2 aromatic rings. The Balaban J connectivity index is 1.56. The molecule has 3 rings (SSSR count). The van der Waals surface area contributed by atoms with Crippen LogP contribution in [0, 0.1) is 0 Å². The Hall–Kier alpha value is -2.52. The highest BCUT2D eigenvalue weighted by Crippen LogP contribution is 2.27. The first kappa shape index (κ1) is 20.2. The SMILES string of the molecule is COC1(CNC(=O)CNC(C)=O)CCN(C(=O)c2ccc3ncsc3c2)CC1. The molecular weight excluding hydrogens is 380 g/mol. The number of methoxy groups -OCH3 is 1. The number of thiazole rings is 1. The minimum absolute atomic E-state index is 0.00491. The number of hydrogen-bond donors (Lipinski definition) is 2. The van der Waals surface area contributed by atoms with E-state index in [-0.39, 0.29) is 24.3 Å². The maximum atomic E-state index is 12.8. The van der Waals surface area contributed by atoms with Crippen molar-refractivity contribution < 1.29 is 19.1 Å². The first-order valence-corrected chi connectivity index (χ1v) is 9.99. The van der Waals surface area contributed by atoms with Crippen molar-refractivity contribution in [2.45, 2.75) is 25.4 Å². The Bertz CT molecular complexity index is 874. The second-order valence-electron chi connectivity index (χ2n) is 6.90. The molecule has 1 saturated heterocycles. The standard InChI is InChI=1S/C19H24N4O4S/c1-13(24)20-10-17(25)21-11-19(27-2)5-7-23(8-6-19)18(26)14-3-4-15-16(9-14)28-12-22-15/h3-4,9,12H,5-8,10-11H2,1-2H3,(H,20,24)(H,21,25). The van der Waals surface area contributed by atoms with Crippen LogP contribution in [0.15, 0.2) is 23.7 Å². The third kappa shape index (κ3) is 4.66. The maximum Gasteiger partial charge on any atom is 0.253 e. The van der Waals surface area contributed by atoms with E-state index in [1.165, 1.54) is 18.3 Å². The number of carbonyl (C=O) groups excluding carboxylic acids is 3. The number of ether oxygens (including phenoxy) is 1. The van der Waals surface area contributed by atoms with Crippen LogP contribution in [0.25, 0.3) is 10.2 Å². The second kappa shape index (κ2) is 8.66. The van der Waals surface area contributed by atoms with E-state index in [4.69, 9.17) is 4.74 Å². The molecule has 1 aliphatic rings.